The maximum atomic E-state index is 12.0. The van der Waals surface area contributed by atoms with Gasteiger partial charge in [0.05, 0.1) is 12.3 Å². The van der Waals surface area contributed by atoms with Crippen molar-refractivity contribution in [2.45, 2.75) is 52.9 Å². The third-order valence-electron chi connectivity index (χ3n) is 3.22. The Morgan fingerprint density at radius 3 is 2.35 bits per heavy atom. The van der Waals surface area contributed by atoms with E-state index in [2.05, 4.69) is 34.6 Å². The standard InChI is InChI=1S/C17H26N2O/c1-11(2)8-12-6-7-13(15(20)10-16(18)19)9-14(12)17(3,4)5/h6-7,9,11H,8,10H2,1-5H3,(H3,18,19). The van der Waals surface area contributed by atoms with E-state index in [1.807, 2.05) is 18.2 Å². The van der Waals surface area contributed by atoms with Gasteiger partial charge in [-0.1, -0.05) is 46.8 Å². The van der Waals surface area contributed by atoms with Gasteiger partial charge in [0, 0.05) is 5.56 Å². The number of nitrogens with one attached hydrogen (secondary N) is 1. The van der Waals surface area contributed by atoms with E-state index in [0.717, 1.165) is 6.42 Å². The topological polar surface area (TPSA) is 66.9 Å². The number of carbonyl (C=O) groups is 1. The van der Waals surface area contributed by atoms with Gasteiger partial charge in [-0.15, -0.1) is 0 Å². The lowest BCUT2D eigenvalue weighted by Gasteiger charge is -2.24. The molecule has 0 bridgehead atoms. The molecule has 0 atom stereocenters. The quantitative estimate of drug-likeness (QED) is 0.488. The Hall–Kier alpha value is -1.64. The first-order valence-electron chi connectivity index (χ1n) is 7.10. The van der Waals surface area contributed by atoms with E-state index in [1.54, 1.807) is 0 Å². The van der Waals surface area contributed by atoms with Crippen molar-refractivity contribution in [2.24, 2.45) is 11.7 Å². The van der Waals surface area contributed by atoms with Gasteiger partial charge in [0.25, 0.3) is 0 Å². The van der Waals surface area contributed by atoms with Crippen LogP contribution in [0.3, 0.4) is 0 Å². The van der Waals surface area contributed by atoms with Gasteiger partial charge in [-0.05, 0) is 34.9 Å². The zero-order chi connectivity index (χ0) is 15.5. The minimum absolute atomic E-state index is 0.00324. The third kappa shape index (κ3) is 4.48. The summed E-state index contributed by atoms with van der Waals surface area (Å²) in [7, 11) is 0. The molecule has 0 unspecified atom stereocenters. The Bertz CT molecular complexity index is 510. The second-order valence-corrected chi connectivity index (χ2v) is 6.85. The van der Waals surface area contributed by atoms with E-state index in [1.165, 1.54) is 11.1 Å². The molecular formula is C17H26N2O. The van der Waals surface area contributed by atoms with Crippen LogP contribution in [0.4, 0.5) is 0 Å². The molecule has 0 saturated carbocycles. The number of hydrogen-bond acceptors (Lipinski definition) is 2. The maximum Gasteiger partial charge on any atom is 0.170 e. The summed E-state index contributed by atoms with van der Waals surface area (Å²) in [6.45, 7) is 10.9. The summed E-state index contributed by atoms with van der Waals surface area (Å²) in [5, 5.41) is 7.24. The molecule has 110 valence electrons. The Balaban J connectivity index is 3.21. The Morgan fingerprint density at radius 2 is 1.90 bits per heavy atom. The summed E-state index contributed by atoms with van der Waals surface area (Å²) in [6.07, 6.45) is 1.00. The van der Waals surface area contributed by atoms with E-state index < -0.39 is 0 Å². The van der Waals surface area contributed by atoms with Crippen molar-refractivity contribution >= 4 is 11.6 Å². The first-order chi connectivity index (χ1) is 9.11. The average Bonchev–Trinajstić information content (AvgIpc) is 2.26. The summed E-state index contributed by atoms with van der Waals surface area (Å²) in [4.78, 5) is 12.0. The maximum absolute atomic E-state index is 12.0. The van der Waals surface area contributed by atoms with Crippen molar-refractivity contribution in [3.63, 3.8) is 0 Å². The van der Waals surface area contributed by atoms with Crippen LogP contribution in [0.5, 0.6) is 0 Å². The highest BCUT2D eigenvalue weighted by molar-refractivity contribution is 6.07. The van der Waals surface area contributed by atoms with Crippen LogP contribution >= 0.6 is 0 Å². The molecule has 0 heterocycles. The van der Waals surface area contributed by atoms with E-state index in [-0.39, 0.29) is 23.5 Å². The molecule has 3 heteroatoms. The van der Waals surface area contributed by atoms with Crippen LogP contribution < -0.4 is 5.73 Å². The molecule has 0 radical (unpaired) electrons. The molecule has 1 aromatic rings. The molecule has 1 rings (SSSR count). The first-order valence-corrected chi connectivity index (χ1v) is 7.10. The van der Waals surface area contributed by atoms with Crippen LogP contribution in [0.25, 0.3) is 0 Å². The molecule has 0 aromatic heterocycles. The lowest BCUT2D eigenvalue weighted by atomic mass is 9.80. The lowest BCUT2D eigenvalue weighted by molar-refractivity contribution is 0.1000. The SMILES string of the molecule is CC(C)Cc1ccc(C(=O)CC(=N)N)cc1C(C)(C)C. The van der Waals surface area contributed by atoms with E-state index >= 15 is 0 Å². The minimum Gasteiger partial charge on any atom is -0.387 e. The fraction of sp³-hybridized carbons (Fsp3) is 0.529. The van der Waals surface area contributed by atoms with Crippen molar-refractivity contribution in [3.05, 3.63) is 34.9 Å². The van der Waals surface area contributed by atoms with Gasteiger partial charge in [-0.2, -0.15) is 0 Å². The Labute approximate surface area is 122 Å². The smallest absolute Gasteiger partial charge is 0.170 e. The normalized spacial score (nSPS) is 11.7. The zero-order valence-electron chi connectivity index (χ0n) is 13.2. The summed E-state index contributed by atoms with van der Waals surface area (Å²) in [5.41, 5.74) is 8.47. The fourth-order valence-corrected chi connectivity index (χ4v) is 2.34. The molecule has 0 saturated heterocycles. The molecule has 0 fully saturated rings. The average molecular weight is 274 g/mol. The van der Waals surface area contributed by atoms with Gasteiger partial charge >= 0.3 is 0 Å². The molecule has 3 nitrogen and oxygen atoms in total. The van der Waals surface area contributed by atoms with Crippen molar-refractivity contribution in [1.29, 1.82) is 5.41 Å². The number of Topliss-reactive ketones (excluding diaryl/α,β-unsaturated/α-hetero) is 1. The van der Waals surface area contributed by atoms with Crippen molar-refractivity contribution < 1.29 is 4.79 Å². The molecule has 20 heavy (non-hydrogen) atoms. The van der Waals surface area contributed by atoms with Crippen LogP contribution in [0.1, 0.15) is 62.5 Å². The van der Waals surface area contributed by atoms with Gasteiger partial charge in [-0.3, -0.25) is 10.2 Å². The van der Waals surface area contributed by atoms with Gasteiger partial charge in [0.1, 0.15) is 0 Å². The van der Waals surface area contributed by atoms with Crippen molar-refractivity contribution in [3.8, 4) is 0 Å². The molecule has 0 aliphatic heterocycles. The highest BCUT2D eigenvalue weighted by Gasteiger charge is 2.20. The van der Waals surface area contributed by atoms with E-state index in [9.17, 15) is 4.79 Å². The summed E-state index contributed by atoms with van der Waals surface area (Å²) >= 11 is 0. The van der Waals surface area contributed by atoms with Crippen LogP contribution in [0, 0.1) is 11.3 Å². The summed E-state index contributed by atoms with van der Waals surface area (Å²) in [5.74, 6) is 0.410. The van der Waals surface area contributed by atoms with Gasteiger partial charge < -0.3 is 5.73 Å². The predicted octanol–water partition coefficient (Wildman–Crippen LogP) is 3.69. The fourth-order valence-electron chi connectivity index (χ4n) is 2.34. The van der Waals surface area contributed by atoms with Gasteiger partial charge in [0.15, 0.2) is 5.78 Å². The highest BCUT2D eigenvalue weighted by Crippen LogP contribution is 2.29. The zero-order valence-corrected chi connectivity index (χ0v) is 13.2. The number of rotatable bonds is 5. The second-order valence-electron chi connectivity index (χ2n) is 6.85. The largest absolute Gasteiger partial charge is 0.387 e. The van der Waals surface area contributed by atoms with Gasteiger partial charge in [-0.25, -0.2) is 0 Å². The predicted molar refractivity (Wildman–Crippen MR) is 84.5 cm³/mol. The summed E-state index contributed by atoms with van der Waals surface area (Å²) < 4.78 is 0. The third-order valence-corrected chi connectivity index (χ3v) is 3.22. The molecule has 3 N–H and O–H groups in total. The minimum atomic E-state index is -0.0847. The highest BCUT2D eigenvalue weighted by atomic mass is 16.1. The van der Waals surface area contributed by atoms with Crippen molar-refractivity contribution in [1.82, 2.24) is 0 Å². The van der Waals surface area contributed by atoms with E-state index in [4.69, 9.17) is 11.1 Å². The molecular weight excluding hydrogens is 248 g/mol. The van der Waals surface area contributed by atoms with Crippen molar-refractivity contribution in [2.75, 3.05) is 0 Å². The van der Waals surface area contributed by atoms with Crippen LogP contribution in [-0.2, 0) is 11.8 Å². The number of amidine groups is 1. The Kier molecular flexibility index (Phi) is 5.09. The lowest BCUT2D eigenvalue weighted by Crippen LogP contribution is -2.19. The van der Waals surface area contributed by atoms with Gasteiger partial charge in [0.2, 0.25) is 0 Å². The Morgan fingerprint density at radius 1 is 1.30 bits per heavy atom. The molecule has 0 amide bonds. The molecule has 0 spiro atoms. The summed E-state index contributed by atoms with van der Waals surface area (Å²) in [6, 6.07) is 5.88. The number of ketones is 1. The first kappa shape index (κ1) is 16.4. The van der Waals surface area contributed by atoms with Crippen LogP contribution in [0.2, 0.25) is 0 Å². The molecule has 0 aliphatic carbocycles. The molecule has 1 aromatic carbocycles. The number of carbonyl (C=O) groups excluding carboxylic acids is 1. The monoisotopic (exact) mass is 274 g/mol. The second kappa shape index (κ2) is 6.21. The number of nitrogens with two attached hydrogens (primary N) is 1. The van der Waals surface area contributed by atoms with Crippen LogP contribution in [-0.4, -0.2) is 11.6 Å². The number of hydrogen-bond donors (Lipinski definition) is 2. The van der Waals surface area contributed by atoms with E-state index in [0.29, 0.717) is 11.5 Å². The number of benzene rings is 1. The molecule has 0 aliphatic rings. The van der Waals surface area contributed by atoms with Crippen LogP contribution in [0.15, 0.2) is 18.2 Å².